The minimum Gasteiger partial charge on any atom is -0.370 e. The smallest absolute Gasteiger partial charge is 0.225 e. The summed E-state index contributed by atoms with van der Waals surface area (Å²) in [5, 5.41) is 6.04. The number of nitrogens with one attached hydrogen (secondary N) is 2. The van der Waals surface area contributed by atoms with Crippen LogP contribution in [0.25, 0.3) is 0 Å². The number of carbonyl (C=O) groups excluding carboxylic acids is 1. The lowest BCUT2D eigenvalue weighted by molar-refractivity contribution is -0.128. The molecule has 22 heavy (non-hydrogen) atoms. The summed E-state index contributed by atoms with van der Waals surface area (Å²) in [6.07, 6.45) is 3.53. The molecule has 0 aromatic heterocycles. The summed E-state index contributed by atoms with van der Waals surface area (Å²) >= 11 is 0. The molecule has 0 aromatic rings. The number of hydrogen-bond acceptors (Lipinski definition) is 2. The van der Waals surface area contributed by atoms with Crippen molar-refractivity contribution in [2.24, 2.45) is 22.1 Å². The van der Waals surface area contributed by atoms with Gasteiger partial charge in [0.1, 0.15) is 0 Å². The monoisotopic (exact) mass is 426 g/mol. The fourth-order valence-electron chi connectivity index (χ4n) is 1.81. The Hall–Kier alpha value is -0.530. The first kappa shape index (κ1) is 23.7. The Morgan fingerprint density at radius 2 is 1.77 bits per heavy atom. The largest absolute Gasteiger partial charge is 0.370 e. The zero-order valence-corrected chi connectivity index (χ0v) is 17.4. The van der Waals surface area contributed by atoms with Crippen molar-refractivity contribution in [1.82, 2.24) is 10.6 Å². The number of nitrogens with two attached hydrogens (primary N) is 1. The van der Waals surface area contributed by atoms with Gasteiger partial charge in [0.25, 0.3) is 0 Å². The maximum atomic E-state index is 11.7. The van der Waals surface area contributed by atoms with Crippen LogP contribution in [0.4, 0.5) is 0 Å². The minimum absolute atomic E-state index is 0. The van der Waals surface area contributed by atoms with Crippen LogP contribution in [0.3, 0.4) is 0 Å². The molecule has 0 fully saturated rings. The van der Waals surface area contributed by atoms with Crippen LogP contribution < -0.4 is 16.4 Å². The van der Waals surface area contributed by atoms with Crippen LogP contribution >= 0.6 is 24.0 Å². The Labute approximate surface area is 153 Å². The van der Waals surface area contributed by atoms with Crippen molar-refractivity contribution < 1.29 is 4.79 Å². The van der Waals surface area contributed by atoms with E-state index in [9.17, 15) is 4.79 Å². The second kappa shape index (κ2) is 12.0. The molecule has 0 saturated carbocycles. The summed E-state index contributed by atoms with van der Waals surface area (Å²) in [4.78, 5) is 15.9. The predicted molar refractivity (Wildman–Crippen MR) is 106 cm³/mol. The van der Waals surface area contributed by atoms with Crippen molar-refractivity contribution in [3.05, 3.63) is 0 Å². The SMILES string of the molecule is CC(C)CCCC(C)NC(N)=NCCNC(=O)C(C)(C)C.I. The van der Waals surface area contributed by atoms with E-state index in [2.05, 4.69) is 36.4 Å². The van der Waals surface area contributed by atoms with Crippen LogP contribution in [0.2, 0.25) is 0 Å². The maximum absolute atomic E-state index is 11.7. The van der Waals surface area contributed by atoms with E-state index in [1.165, 1.54) is 12.8 Å². The molecule has 1 unspecified atom stereocenters. The van der Waals surface area contributed by atoms with Crippen molar-refractivity contribution in [3.63, 3.8) is 0 Å². The summed E-state index contributed by atoms with van der Waals surface area (Å²) in [6.45, 7) is 13.3. The van der Waals surface area contributed by atoms with E-state index in [0.717, 1.165) is 12.3 Å². The van der Waals surface area contributed by atoms with Crippen molar-refractivity contribution in [3.8, 4) is 0 Å². The number of nitrogens with zero attached hydrogens (tertiary/aromatic N) is 1. The number of rotatable bonds is 8. The van der Waals surface area contributed by atoms with Crippen LogP contribution in [0.1, 0.15) is 60.8 Å². The zero-order valence-electron chi connectivity index (χ0n) is 15.0. The number of hydrogen-bond donors (Lipinski definition) is 3. The molecule has 1 atom stereocenters. The fraction of sp³-hybridized carbons (Fsp3) is 0.875. The van der Waals surface area contributed by atoms with E-state index in [4.69, 9.17) is 5.73 Å². The van der Waals surface area contributed by atoms with E-state index < -0.39 is 0 Å². The molecule has 0 rings (SSSR count). The van der Waals surface area contributed by atoms with Crippen molar-refractivity contribution >= 4 is 35.8 Å². The third kappa shape index (κ3) is 13.2. The molecule has 0 heterocycles. The molecule has 5 nitrogen and oxygen atoms in total. The van der Waals surface area contributed by atoms with Crippen molar-refractivity contribution in [2.75, 3.05) is 13.1 Å². The summed E-state index contributed by atoms with van der Waals surface area (Å²) in [6, 6.07) is 0.330. The molecule has 0 radical (unpaired) electrons. The quantitative estimate of drug-likeness (QED) is 0.242. The number of halogens is 1. The molecule has 0 spiro atoms. The topological polar surface area (TPSA) is 79.5 Å². The van der Waals surface area contributed by atoms with E-state index in [0.29, 0.717) is 25.1 Å². The highest BCUT2D eigenvalue weighted by Crippen LogP contribution is 2.11. The molecule has 4 N–H and O–H groups in total. The summed E-state index contributed by atoms with van der Waals surface area (Å²) < 4.78 is 0. The summed E-state index contributed by atoms with van der Waals surface area (Å²) in [5.41, 5.74) is 5.47. The highest BCUT2D eigenvalue weighted by atomic mass is 127. The first-order valence-corrected chi connectivity index (χ1v) is 7.97. The van der Waals surface area contributed by atoms with E-state index in [1.54, 1.807) is 0 Å². The second-order valence-corrected chi connectivity index (χ2v) is 7.14. The Morgan fingerprint density at radius 3 is 2.27 bits per heavy atom. The van der Waals surface area contributed by atoms with Gasteiger partial charge in [0.05, 0.1) is 6.54 Å². The first-order valence-electron chi connectivity index (χ1n) is 7.97. The van der Waals surface area contributed by atoms with Crippen LogP contribution in [0.5, 0.6) is 0 Å². The Balaban J connectivity index is 0. The predicted octanol–water partition coefficient (Wildman–Crippen LogP) is 2.89. The second-order valence-electron chi connectivity index (χ2n) is 7.14. The molecular formula is C16H35IN4O. The molecule has 0 aromatic carbocycles. The molecule has 0 aliphatic heterocycles. The fourth-order valence-corrected chi connectivity index (χ4v) is 1.81. The Morgan fingerprint density at radius 1 is 1.18 bits per heavy atom. The molecule has 1 amide bonds. The van der Waals surface area contributed by atoms with E-state index in [1.807, 2.05) is 20.8 Å². The van der Waals surface area contributed by atoms with Gasteiger partial charge in [-0.15, -0.1) is 24.0 Å². The van der Waals surface area contributed by atoms with Gasteiger partial charge < -0.3 is 16.4 Å². The maximum Gasteiger partial charge on any atom is 0.225 e. The number of amides is 1. The molecule has 6 heteroatoms. The highest BCUT2D eigenvalue weighted by molar-refractivity contribution is 14.0. The molecule has 132 valence electrons. The van der Waals surface area contributed by atoms with Gasteiger partial charge in [-0.2, -0.15) is 0 Å². The average molecular weight is 426 g/mol. The summed E-state index contributed by atoms with van der Waals surface area (Å²) in [5.74, 6) is 1.23. The molecule has 0 aliphatic rings. The standard InChI is InChI=1S/C16H34N4O.HI/c1-12(2)8-7-9-13(3)20-15(17)19-11-10-18-14(21)16(4,5)6;/h12-13H,7-11H2,1-6H3,(H,18,21)(H3,17,19,20);1H. The number of aliphatic imine (C=N–C) groups is 1. The van der Waals surface area contributed by atoms with Crippen LogP contribution in [0.15, 0.2) is 4.99 Å². The van der Waals surface area contributed by atoms with Crippen LogP contribution in [-0.4, -0.2) is 31.0 Å². The van der Waals surface area contributed by atoms with Gasteiger partial charge in [0, 0.05) is 18.0 Å². The van der Waals surface area contributed by atoms with Crippen molar-refractivity contribution in [1.29, 1.82) is 0 Å². The van der Waals surface area contributed by atoms with Crippen LogP contribution in [-0.2, 0) is 4.79 Å². The van der Waals surface area contributed by atoms with Gasteiger partial charge in [-0.05, 0) is 19.3 Å². The van der Waals surface area contributed by atoms with Gasteiger partial charge in [-0.3, -0.25) is 9.79 Å². The molecule has 0 saturated heterocycles. The normalized spacial score (nSPS) is 13.5. The Kier molecular flexibility index (Phi) is 12.9. The number of carbonyl (C=O) groups is 1. The van der Waals surface area contributed by atoms with E-state index in [-0.39, 0.29) is 35.3 Å². The average Bonchev–Trinajstić information content (AvgIpc) is 2.32. The lowest BCUT2D eigenvalue weighted by Gasteiger charge is -2.17. The molecule has 0 bridgehead atoms. The van der Waals surface area contributed by atoms with Gasteiger partial charge in [0.15, 0.2) is 5.96 Å². The minimum atomic E-state index is -0.363. The van der Waals surface area contributed by atoms with Gasteiger partial charge in [-0.25, -0.2) is 0 Å². The molecular weight excluding hydrogens is 391 g/mol. The van der Waals surface area contributed by atoms with Gasteiger partial charge >= 0.3 is 0 Å². The third-order valence-electron chi connectivity index (χ3n) is 3.17. The Bertz CT molecular complexity index is 338. The number of guanidine groups is 1. The summed E-state index contributed by atoms with van der Waals surface area (Å²) in [7, 11) is 0. The van der Waals surface area contributed by atoms with Gasteiger partial charge in [-0.1, -0.05) is 47.5 Å². The van der Waals surface area contributed by atoms with Crippen molar-refractivity contribution in [2.45, 2.75) is 66.8 Å². The zero-order chi connectivity index (χ0) is 16.5. The molecule has 0 aliphatic carbocycles. The van der Waals surface area contributed by atoms with Gasteiger partial charge in [0.2, 0.25) is 5.91 Å². The lowest BCUT2D eigenvalue weighted by atomic mass is 9.96. The van der Waals surface area contributed by atoms with E-state index >= 15 is 0 Å². The van der Waals surface area contributed by atoms with Crippen LogP contribution in [0, 0.1) is 11.3 Å². The third-order valence-corrected chi connectivity index (χ3v) is 3.17. The lowest BCUT2D eigenvalue weighted by Crippen LogP contribution is -2.40. The first-order chi connectivity index (χ1) is 9.62. The highest BCUT2D eigenvalue weighted by Gasteiger charge is 2.20.